The summed E-state index contributed by atoms with van der Waals surface area (Å²) in [6.07, 6.45) is 2.05. The van der Waals surface area contributed by atoms with Crippen molar-refractivity contribution in [3.8, 4) is 0 Å². The molecule has 1 aliphatic rings. The Morgan fingerprint density at radius 3 is 2.58 bits per heavy atom. The van der Waals surface area contributed by atoms with E-state index in [1.54, 1.807) is 27.8 Å². The van der Waals surface area contributed by atoms with E-state index in [1.165, 1.54) is 0 Å². The Bertz CT molecular complexity index is 762. The lowest BCUT2D eigenvalue weighted by Gasteiger charge is -2.14. The Kier molecular flexibility index (Phi) is 4.59. The number of aromatic nitrogens is 3. The molecule has 0 atom stereocenters. The van der Waals surface area contributed by atoms with Gasteiger partial charge < -0.3 is 10.2 Å². The van der Waals surface area contributed by atoms with Gasteiger partial charge in [-0.25, -0.2) is 4.98 Å². The minimum absolute atomic E-state index is 0.107. The molecule has 0 saturated carbocycles. The van der Waals surface area contributed by atoms with Crippen LogP contribution in [0.1, 0.15) is 45.2 Å². The van der Waals surface area contributed by atoms with Gasteiger partial charge in [0.15, 0.2) is 0 Å². The van der Waals surface area contributed by atoms with Gasteiger partial charge >= 0.3 is 0 Å². The minimum Gasteiger partial charge on any atom is -0.345 e. The molecule has 7 nitrogen and oxygen atoms in total. The second-order valence-electron chi connectivity index (χ2n) is 5.99. The minimum atomic E-state index is -0.301. The molecule has 1 N–H and O–H groups in total. The van der Waals surface area contributed by atoms with E-state index in [0.717, 1.165) is 37.3 Å². The highest BCUT2D eigenvalue weighted by Crippen LogP contribution is 2.12. The molecule has 24 heavy (non-hydrogen) atoms. The predicted molar refractivity (Wildman–Crippen MR) is 88.5 cm³/mol. The van der Waals surface area contributed by atoms with E-state index >= 15 is 0 Å². The summed E-state index contributed by atoms with van der Waals surface area (Å²) in [4.78, 5) is 30.7. The fourth-order valence-electron chi connectivity index (χ4n) is 2.85. The van der Waals surface area contributed by atoms with Gasteiger partial charge in [0.05, 0.1) is 17.9 Å². The van der Waals surface area contributed by atoms with Crippen molar-refractivity contribution in [1.29, 1.82) is 0 Å². The molecule has 0 aromatic carbocycles. The summed E-state index contributed by atoms with van der Waals surface area (Å²) in [5.41, 5.74) is 2.38. The molecular weight excluding hydrogens is 306 g/mol. The highest BCUT2D eigenvalue weighted by atomic mass is 16.2. The summed E-state index contributed by atoms with van der Waals surface area (Å²) < 4.78 is 1.73. The Labute approximate surface area is 140 Å². The first-order chi connectivity index (χ1) is 11.5. The fourth-order valence-corrected chi connectivity index (χ4v) is 2.85. The Balaban J connectivity index is 1.67. The molecule has 2 aromatic heterocycles. The maximum absolute atomic E-state index is 12.4. The third-order valence-electron chi connectivity index (χ3n) is 4.12. The van der Waals surface area contributed by atoms with Crippen molar-refractivity contribution in [2.75, 3.05) is 13.1 Å². The SMILES string of the molecule is Cc1cc(CNC(=O)c2cccc(C(=O)N3CCCC3)n2)n(C)n1. The Hall–Kier alpha value is -2.70. The number of nitrogens with zero attached hydrogens (tertiary/aromatic N) is 4. The topological polar surface area (TPSA) is 80.1 Å². The molecule has 1 fully saturated rings. The van der Waals surface area contributed by atoms with Gasteiger partial charge in [-0.1, -0.05) is 6.07 Å². The Morgan fingerprint density at radius 1 is 1.21 bits per heavy atom. The average Bonchev–Trinajstić information content (AvgIpc) is 3.22. The largest absolute Gasteiger partial charge is 0.345 e. The third kappa shape index (κ3) is 3.45. The number of hydrogen-bond donors (Lipinski definition) is 1. The maximum Gasteiger partial charge on any atom is 0.272 e. The van der Waals surface area contributed by atoms with Crippen molar-refractivity contribution in [1.82, 2.24) is 25.0 Å². The summed E-state index contributed by atoms with van der Waals surface area (Å²) in [5.74, 6) is -0.408. The number of hydrogen-bond acceptors (Lipinski definition) is 4. The second kappa shape index (κ2) is 6.82. The van der Waals surface area contributed by atoms with Crippen LogP contribution in [0.15, 0.2) is 24.3 Å². The molecule has 2 aromatic rings. The van der Waals surface area contributed by atoms with Gasteiger partial charge in [0.1, 0.15) is 11.4 Å². The molecule has 0 spiro atoms. The molecule has 0 radical (unpaired) electrons. The average molecular weight is 327 g/mol. The van der Waals surface area contributed by atoms with E-state index in [1.807, 2.05) is 20.0 Å². The van der Waals surface area contributed by atoms with Crippen LogP contribution in [0.25, 0.3) is 0 Å². The number of aryl methyl sites for hydroxylation is 2. The first-order valence-electron chi connectivity index (χ1n) is 8.08. The lowest BCUT2D eigenvalue weighted by Crippen LogP contribution is -2.30. The number of rotatable bonds is 4. The normalized spacial score (nSPS) is 14.0. The number of carbonyl (C=O) groups excluding carboxylic acids is 2. The summed E-state index contributed by atoms with van der Waals surface area (Å²) in [6, 6.07) is 6.88. The van der Waals surface area contributed by atoms with E-state index < -0.39 is 0 Å². The van der Waals surface area contributed by atoms with Crippen molar-refractivity contribution in [3.63, 3.8) is 0 Å². The summed E-state index contributed by atoms with van der Waals surface area (Å²) in [5, 5.41) is 7.06. The van der Waals surface area contributed by atoms with Gasteiger partial charge in [0.25, 0.3) is 11.8 Å². The number of likely N-dealkylation sites (tertiary alicyclic amines) is 1. The molecule has 1 saturated heterocycles. The Morgan fingerprint density at radius 2 is 1.92 bits per heavy atom. The van der Waals surface area contributed by atoms with Gasteiger partial charge in [-0.15, -0.1) is 0 Å². The van der Waals surface area contributed by atoms with Crippen molar-refractivity contribution in [3.05, 3.63) is 47.0 Å². The van der Waals surface area contributed by atoms with Crippen molar-refractivity contribution in [2.45, 2.75) is 26.3 Å². The van der Waals surface area contributed by atoms with E-state index in [2.05, 4.69) is 15.4 Å². The zero-order valence-electron chi connectivity index (χ0n) is 14.0. The third-order valence-corrected chi connectivity index (χ3v) is 4.12. The van der Waals surface area contributed by atoms with Crippen molar-refractivity contribution in [2.24, 2.45) is 7.05 Å². The molecule has 0 aliphatic carbocycles. The van der Waals surface area contributed by atoms with E-state index in [9.17, 15) is 9.59 Å². The smallest absolute Gasteiger partial charge is 0.272 e. The van der Waals surface area contributed by atoms with E-state index in [-0.39, 0.29) is 17.5 Å². The molecule has 3 heterocycles. The van der Waals surface area contributed by atoms with Crippen LogP contribution in [-0.4, -0.2) is 44.6 Å². The van der Waals surface area contributed by atoms with Crippen LogP contribution >= 0.6 is 0 Å². The molecule has 126 valence electrons. The second-order valence-corrected chi connectivity index (χ2v) is 5.99. The molecule has 1 aliphatic heterocycles. The van der Waals surface area contributed by atoms with Gasteiger partial charge in [0, 0.05) is 20.1 Å². The first-order valence-corrected chi connectivity index (χ1v) is 8.08. The highest BCUT2D eigenvalue weighted by molar-refractivity contribution is 5.96. The fraction of sp³-hybridized carbons (Fsp3) is 0.412. The van der Waals surface area contributed by atoms with Crippen LogP contribution in [-0.2, 0) is 13.6 Å². The zero-order chi connectivity index (χ0) is 17.1. The standard InChI is InChI=1S/C17H21N5O2/c1-12-10-13(21(2)20-12)11-18-16(23)14-6-5-7-15(19-14)17(24)22-8-3-4-9-22/h5-7,10H,3-4,8-9,11H2,1-2H3,(H,18,23). The number of nitrogens with one attached hydrogen (secondary N) is 1. The quantitative estimate of drug-likeness (QED) is 0.917. The molecule has 0 unspecified atom stereocenters. The van der Waals surface area contributed by atoms with Gasteiger partial charge in [0.2, 0.25) is 0 Å². The van der Waals surface area contributed by atoms with Gasteiger partial charge in [-0.2, -0.15) is 5.10 Å². The van der Waals surface area contributed by atoms with Crippen LogP contribution in [0, 0.1) is 6.92 Å². The van der Waals surface area contributed by atoms with E-state index in [0.29, 0.717) is 12.2 Å². The number of pyridine rings is 1. The summed E-state index contributed by atoms with van der Waals surface area (Å²) in [7, 11) is 1.84. The maximum atomic E-state index is 12.4. The predicted octanol–water partition coefficient (Wildman–Crippen LogP) is 1.29. The van der Waals surface area contributed by atoms with Gasteiger partial charge in [-0.3, -0.25) is 14.3 Å². The van der Waals surface area contributed by atoms with Crippen LogP contribution in [0.2, 0.25) is 0 Å². The molecule has 3 rings (SSSR count). The lowest BCUT2D eigenvalue weighted by molar-refractivity contribution is 0.0787. The first kappa shape index (κ1) is 16.2. The van der Waals surface area contributed by atoms with Crippen LogP contribution in [0.5, 0.6) is 0 Å². The molecule has 2 amide bonds. The van der Waals surface area contributed by atoms with Crippen LogP contribution < -0.4 is 5.32 Å². The molecular formula is C17H21N5O2. The van der Waals surface area contributed by atoms with Gasteiger partial charge in [-0.05, 0) is 38.0 Å². The summed E-state index contributed by atoms with van der Waals surface area (Å²) in [6.45, 7) is 3.79. The van der Waals surface area contributed by atoms with Crippen LogP contribution in [0.4, 0.5) is 0 Å². The lowest BCUT2D eigenvalue weighted by atomic mass is 10.2. The number of carbonyl (C=O) groups is 2. The molecule has 0 bridgehead atoms. The summed E-state index contributed by atoms with van der Waals surface area (Å²) >= 11 is 0. The van der Waals surface area contributed by atoms with E-state index in [4.69, 9.17) is 0 Å². The number of amides is 2. The van der Waals surface area contributed by atoms with Crippen molar-refractivity contribution < 1.29 is 9.59 Å². The highest BCUT2D eigenvalue weighted by Gasteiger charge is 2.21. The monoisotopic (exact) mass is 327 g/mol. The van der Waals surface area contributed by atoms with Crippen LogP contribution in [0.3, 0.4) is 0 Å². The molecule has 7 heteroatoms. The zero-order valence-corrected chi connectivity index (χ0v) is 14.0. The van der Waals surface area contributed by atoms with Crippen molar-refractivity contribution >= 4 is 11.8 Å².